The molecule has 3 N–H and O–H groups in total. The van der Waals surface area contributed by atoms with Crippen LogP contribution in [0, 0.1) is 0 Å². The maximum absolute atomic E-state index is 12.7. The summed E-state index contributed by atoms with van der Waals surface area (Å²) in [5, 5.41) is 4.09. The Morgan fingerprint density at radius 2 is 2.00 bits per heavy atom. The number of aromatic amines is 2. The largest absolute Gasteiger partial charge is 0.496 e. The average molecular weight is 372 g/mol. The first-order chi connectivity index (χ1) is 13.7. The average Bonchev–Trinajstić information content (AvgIpc) is 3.34. The zero-order valence-electron chi connectivity index (χ0n) is 15.5. The smallest absolute Gasteiger partial charge is 0.271 e. The van der Waals surface area contributed by atoms with Crippen molar-refractivity contribution in [2.75, 3.05) is 13.7 Å². The third kappa shape index (κ3) is 2.65. The highest BCUT2D eigenvalue weighted by atomic mass is 16.5. The topological polar surface area (TPSA) is 82.8 Å². The lowest BCUT2D eigenvalue weighted by atomic mass is 9.93. The van der Waals surface area contributed by atoms with Crippen LogP contribution in [-0.4, -0.2) is 34.5 Å². The molecule has 0 saturated carbocycles. The normalized spacial score (nSPS) is 16.5. The van der Waals surface area contributed by atoms with E-state index in [2.05, 4.69) is 26.3 Å². The van der Waals surface area contributed by atoms with Crippen molar-refractivity contribution in [3.8, 4) is 17.1 Å². The van der Waals surface area contributed by atoms with E-state index in [-0.39, 0.29) is 11.8 Å². The molecule has 0 saturated heterocycles. The fourth-order valence-corrected chi connectivity index (χ4v) is 4.01. The molecule has 140 valence electrons. The van der Waals surface area contributed by atoms with E-state index in [1.54, 1.807) is 7.11 Å². The van der Waals surface area contributed by atoms with E-state index in [4.69, 9.17) is 4.74 Å². The van der Waals surface area contributed by atoms with Gasteiger partial charge in [0.25, 0.3) is 5.91 Å². The molecule has 1 amide bonds. The second kappa shape index (κ2) is 6.56. The van der Waals surface area contributed by atoms with Crippen molar-refractivity contribution in [2.45, 2.75) is 12.3 Å². The highest BCUT2D eigenvalue weighted by Gasteiger charge is 2.28. The number of carbonyl (C=O) groups excluding carboxylic acids is 1. The molecular weight excluding hydrogens is 352 g/mol. The molecule has 4 aromatic rings. The maximum atomic E-state index is 12.7. The Kier molecular flexibility index (Phi) is 3.90. The number of nitrogens with one attached hydrogen (secondary N) is 3. The molecule has 6 heteroatoms. The molecule has 28 heavy (non-hydrogen) atoms. The summed E-state index contributed by atoms with van der Waals surface area (Å²) < 4.78 is 5.53. The molecule has 0 radical (unpaired) electrons. The van der Waals surface area contributed by atoms with Crippen LogP contribution >= 0.6 is 0 Å². The number of H-pyrrole nitrogens is 2. The number of hydrogen-bond acceptors (Lipinski definition) is 3. The number of aromatic nitrogens is 3. The van der Waals surface area contributed by atoms with E-state index in [0.717, 1.165) is 33.5 Å². The van der Waals surface area contributed by atoms with E-state index in [1.165, 1.54) is 0 Å². The molecule has 3 heterocycles. The van der Waals surface area contributed by atoms with Gasteiger partial charge in [-0.05, 0) is 30.2 Å². The Bertz CT molecular complexity index is 1170. The summed E-state index contributed by atoms with van der Waals surface area (Å²) in [6.45, 7) is 0.548. The lowest BCUT2D eigenvalue weighted by molar-refractivity contribution is 0.0950. The van der Waals surface area contributed by atoms with Crippen LogP contribution in [0.4, 0.5) is 0 Å². The van der Waals surface area contributed by atoms with Crippen LogP contribution in [0.1, 0.15) is 27.7 Å². The summed E-state index contributed by atoms with van der Waals surface area (Å²) in [7, 11) is 1.67. The van der Waals surface area contributed by atoms with Gasteiger partial charge in [-0.3, -0.25) is 4.79 Å². The number of fused-ring (bicyclic) bond motifs is 2. The van der Waals surface area contributed by atoms with Crippen molar-refractivity contribution in [1.82, 2.24) is 20.3 Å². The second-order valence-electron chi connectivity index (χ2n) is 7.01. The summed E-state index contributed by atoms with van der Waals surface area (Å²) in [6.07, 6.45) is 2.59. The van der Waals surface area contributed by atoms with Crippen LogP contribution in [0.2, 0.25) is 0 Å². The van der Waals surface area contributed by atoms with E-state index in [1.807, 2.05) is 48.7 Å². The molecule has 0 fully saturated rings. The first-order valence-electron chi connectivity index (χ1n) is 9.31. The van der Waals surface area contributed by atoms with E-state index in [9.17, 15) is 4.79 Å². The van der Waals surface area contributed by atoms with Gasteiger partial charge < -0.3 is 20.0 Å². The minimum atomic E-state index is -0.142. The molecule has 1 atom stereocenters. The Morgan fingerprint density at radius 1 is 1.11 bits per heavy atom. The minimum absolute atomic E-state index is 0.109. The molecule has 5 rings (SSSR count). The third-order valence-electron chi connectivity index (χ3n) is 5.38. The van der Waals surface area contributed by atoms with Gasteiger partial charge in [-0.25, -0.2) is 4.98 Å². The number of amides is 1. The van der Waals surface area contributed by atoms with Gasteiger partial charge in [-0.2, -0.15) is 0 Å². The first kappa shape index (κ1) is 16.6. The molecule has 2 aromatic carbocycles. The summed E-state index contributed by atoms with van der Waals surface area (Å²) >= 11 is 0. The number of methoxy groups -OCH3 is 1. The predicted molar refractivity (Wildman–Crippen MR) is 108 cm³/mol. The Morgan fingerprint density at radius 3 is 2.89 bits per heavy atom. The van der Waals surface area contributed by atoms with Crippen LogP contribution in [0.3, 0.4) is 0 Å². The fourth-order valence-electron chi connectivity index (χ4n) is 4.01. The van der Waals surface area contributed by atoms with Gasteiger partial charge in [0.05, 0.1) is 7.11 Å². The number of hydrogen-bond donors (Lipinski definition) is 3. The molecule has 0 bridgehead atoms. The molecule has 6 nitrogen and oxygen atoms in total. The molecule has 0 spiro atoms. The zero-order chi connectivity index (χ0) is 19.1. The summed E-state index contributed by atoms with van der Waals surface area (Å²) in [5.74, 6) is 1.52. The molecule has 1 aliphatic rings. The van der Waals surface area contributed by atoms with Crippen molar-refractivity contribution in [3.05, 3.63) is 71.7 Å². The third-order valence-corrected chi connectivity index (χ3v) is 5.38. The van der Waals surface area contributed by atoms with Crippen LogP contribution in [0.15, 0.2) is 54.7 Å². The second-order valence-corrected chi connectivity index (χ2v) is 7.01. The molecule has 1 aliphatic heterocycles. The van der Waals surface area contributed by atoms with E-state index >= 15 is 0 Å². The van der Waals surface area contributed by atoms with Gasteiger partial charge in [-0.1, -0.05) is 30.3 Å². The van der Waals surface area contributed by atoms with Gasteiger partial charge in [-0.15, -0.1) is 0 Å². The SMILES string of the molecule is COc1ccccc1[C@H]1CNC(=O)c2nc(-c3cccc4[nH]ccc34)[nH]c2C1. The Balaban J connectivity index is 1.57. The molecule has 2 aromatic heterocycles. The van der Waals surface area contributed by atoms with Crippen molar-refractivity contribution in [3.63, 3.8) is 0 Å². The van der Waals surface area contributed by atoms with Crippen LogP contribution in [0.25, 0.3) is 22.3 Å². The number of nitrogens with zero attached hydrogens (tertiary/aromatic N) is 1. The monoisotopic (exact) mass is 372 g/mol. The highest BCUT2D eigenvalue weighted by molar-refractivity contribution is 5.97. The van der Waals surface area contributed by atoms with Gasteiger partial charge in [0.2, 0.25) is 0 Å². The number of rotatable bonds is 3. The Hall–Kier alpha value is -3.54. The van der Waals surface area contributed by atoms with Crippen molar-refractivity contribution < 1.29 is 9.53 Å². The highest BCUT2D eigenvalue weighted by Crippen LogP contribution is 2.33. The van der Waals surface area contributed by atoms with Gasteiger partial charge >= 0.3 is 0 Å². The first-order valence-corrected chi connectivity index (χ1v) is 9.31. The quantitative estimate of drug-likeness (QED) is 0.513. The van der Waals surface area contributed by atoms with Gasteiger partial charge in [0.1, 0.15) is 17.3 Å². The number of benzene rings is 2. The van der Waals surface area contributed by atoms with Crippen LogP contribution in [-0.2, 0) is 6.42 Å². The molecule has 0 aliphatic carbocycles. The van der Waals surface area contributed by atoms with Crippen LogP contribution < -0.4 is 10.1 Å². The maximum Gasteiger partial charge on any atom is 0.271 e. The molecular formula is C22H20N4O2. The lowest BCUT2D eigenvalue weighted by Gasteiger charge is -2.17. The summed E-state index contributed by atoms with van der Waals surface area (Å²) in [6, 6.07) is 16.0. The predicted octanol–water partition coefficient (Wildman–Crippen LogP) is 3.64. The summed E-state index contributed by atoms with van der Waals surface area (Å²) in [4.78, 5) is 23.9. The van der Waals surface area contributed by atoms with Crippen molar-refractivity contribution >= 4 is 16.8 Å². The number of para-hydroxylation sites is 1. The zero-order valence-corrected chi connectivity index (χ0v) is 15.5. The van der Waals surface area contributed by atoms with E-state index < -0.39 is 0 Å². The standard InChI is InChI=1S/C22H20N4O2/c1-28-19-8-3-2-5-14(19)13-11-18-20(22(27)24-12-13)26-21(25-18)16-6-4-7-17-15(16)9-10-23-17/h2-10,13,23H,11-12H2,1H3,(H,24,27)(H,25,26)/t13-/m1/s1. The van der Waals surface area contributed by atoms with Crippen molar-refractivity contribution in [1.29, 1.82) is 0 Å². The van der Waals surface area contributed by atoms with Gasteiger partial charge in [0, 0.05) is 40.8 Å². The van der Waals surface area contributed by atoms with Gasteiger partial charge in [0.15, 0.2) is 0 Å². The fraction of sp³-hybridized carbons (Fsp3) is 0.182. The van der Waals surface area contributed by atoms with Crippen molar-refractivity contribution in [2.24, 2.45) is 0 Å². The Labute approximate surface area is 162 Å². The number of carbonyl (C=O) groups is 1. The van der Waals surface area contributed by atoms with Crippen LogP contribution in [0.5, 0.6) is 5.75 Å². The molecule has 0 unspecified atom stereocenters. The minimum Gasteiger partial charge on any atom is -0.496 e. The van der Waals surface area contributed by atoms with E-state index in [0.29, 0.717) is 24.5 Å². The summed E-state index contributed by atoms with van der Waals surface area (Å²) in [5.41, 5.74) is 4.43. The number of imidazole rings is 1. The lowest BCUT2D eigenvalue weighted by Crippen LogP contribution is -2.26. The number of ether oxygens (including phenoxy) is 1.